The van der Waals surface area contributed by atoms with Gasteiger partial charge in [0, 0.05) is 15.6 Å². The summed E-state index contributed by atoms with van der Waals surface area (Å²) in [6, 6.07) is 16.8. The van der Waals surface area contributed by atoms with Gasteiger partial charge in [0.15, 0.2) is 11.5 Å². The number of nitrogens with zero attached hydrogens (tertiary/aromatic N) is 2. The maximum absolute atomic E-state index is 13.4. The second kappa shape index (κ2) is 9.31. The molecule has 0 amide bonds. The molecule has 1 heterocycles. The SMILES string of the molecule is COc1cc(/C=C(/C#N)c2nc3ccc(F)cc3[nH]2)ccc1OCc1ccc(Cl)cc1Cl. The quantitative estimate of drug-likeness (QED) is 0.321. The highest BCUT2D eigenvalue weighted by Gasteiger charge is 2.11. The lowest BCUT2D eigenvalue weighted by molar-refractivity contribution is 0.284. The minimum absolute atomic E-state index is 0.237. The van der Waals surface area contributed by atoms with Crippen LogP contribution in [0.3, 0.4) is 0 Å². The normalized spacial score (nSPS) is 11.4. The fourth-order valence-electron chi connectivity index (χ4n) is 3.12. The number of imidazole rings is 1. The fraction of sp³-hybridized carbons (Fsp3) is 0.0833. The number of fused-ring (bicyclic) bond motifs is 1. The summed E-state index contributed by atoms with van der Waals surface area (Å²) < 4.78 is 24.8. The molecule has 1 N–H and O–H groups in total. The summed E-state index contributed by atoms with van der Waals surface area (Å²) >= 11 is 12.1. The molecular weight excluding hydrogens is 452 g/mol. The van der Waals surface area contributed by atoms with Crippen LogP contribution in [0.25, 0.3) is 22.7 Å². The second-order valence-electron chi connectivity index (χ2n) is 6.85. The molecular formula is C24H16Cl2FN3O2. The van der Waals surface area contributed by atoms with E-state index in [1.807, 2.05) is 0 Å². The molecule has 3 aromatic carbocycles. The summed E-state index contributed by atoms with van der Waals surface area (Å²) in [5.41, 5.74) is 2.88. The number of nitriles is 1. The molecule has 0 aliphatic rings. The van der Waals surface area contributed by atoms with Gasteiger partial charge >= 0.3 is 0 Å². The summed E-state index contributed by atoms with van der Waals surface area (Å²) in [5.74, 6) is 0.987. The van der Waals surface area contributed by atoms with Gasteiger partial charge in [0.2, 0.25) is 0 Å². The fourth-order valence-corrected chi connectivity index (χ4v) is 3.58. The van der Waals surface area contributed by atoms with E-state index in [0.29, 0.717) is 49.5 Å². The predicted molar refractivity (Wildman–Crippen MR) is 123 cm³/mol. The molecule has 0 fully saturated rings. The van der Waals surface area contributed by atoms with Gasteiger partial charge in [0.25, 0.3) is 0 Å². The Hall–Kier alpha value is -3.53. The topological polar surface area (TPSA) is 70.9 Å². The molecule has 8 heteroatoms. The van der Waals surface area contributed by atoms with Crippen molar-refractivity contribution in [2.24, 2.45) is 0 Å². The molecule has 0 unspecified atom stereocenters. The molecule has 0 spiro atoms. The van der Waals surface area contributed by atoms with Crippen molar-refractivity contribution >= 4 is 45.9 Å². The van der Waals surface area contributed by atoms with Crippen LogP contribution in [-0.2, 0) is 6.61 Å². The average Bonchev–Trinajstić information content (AvgIpc) is 3.20. The van der Waals surface area contributed by atoms with Gasteiger partial charge in [-0.25, -0.2) is 9.37 Å². The van der Waals surface area contributed by atoms with Crippen LogP contribution in [0.2, 0.25) is 10.0 Å². The summed E-state index contributed by atoms with van der Waals surface area (Å²) in [4.78, 5) is 7.34. The Morgan fingerprint density at radius 3 is 2.72 bits per heavy atom. The van der Waals surface area contributed by atoms with Crippen LogP contribution in [0.4, 0.5) is 4.39 Å². The number of ether oxygens (including phenoxy) is 2. The van der Waals surface area contributed by atoms with E-state index in [0.717, 1.165) is 5.56 Å². The number of halogens is 3. The third kappa shape index (κ3) is 4.70. The molecule has 1 aromatic heterocycles. The highest BCUT2D eigenvalue weighted by Crippen LogP contribution is 2.31. The molecule has 0 aliphatic carbocycles. The Kier molecular flexibility index (Phi) is 6.31. The first-order chi connectivity index (χ1) is 15.5. The van der Waals surface area contributed by atoms with Gasteiger partial charge in [-0.3, -0.25) is 0 Å². The standard InChI is InChI=1S/C24H16Cl2FN3O2/c1-31-23-9-14(2-7-22(23)32-13-15-3-4-17(25)10-19(15)26)8-16(12-28)24-29-20-6-5-18(27)11-21(20)30-24/h2-11H,13H2,1H3,(H,29,30)/b16-8-. The minimum Gasteiger partial charge on any atom is -0.493 e. The van der Waals surface area contributed by atoms with E-state index >= 15 is 0 Å². The number of aromatic amines is 1. The Labute approximate surface area is 193 Å². The van der Waals surface area contributed by atoms with Crippen LogP contribution in [0.1, 0.15) is 17.0 Å². The summed E-state index contributed by atoms with van der Waals surface area (Å²) in [5, 5.41) is 10.7. The van der Waals surface area contributed by atoms with Crippen LogP contribution in [0.5, 0.6) is 11.5 Å². The highest BCUT2D eigenvalue weighted by atomic mass is 35.5. The van der Waals surface area contributed by atoms with Gasteiger partial charge in [-0.2, -0.15) is 5.26 Å². The zero-order valence-corrected chi connectivity index (χ0v) is 18.3. The Morgan fingerprint density at radius 2 is 1.97 bits per heavy atom. The highest BCUT2D eigenvalue weighted by molar-refractivity contribution is 6.35. The lowest BCUT2D eigenvalue weighted by Crippen LogP contribution is -1.98. The molecule has 0 saturated heterocycles. The molecule has 0 aliphatic heterocycles. The van der Waals surface area contributed by atoms with Gasteiger partial charge in [-0.1, -0.05) is 35.3 Å². The molecule has 4 rings (SSSR count). The Balaban J connectivity index is 1.59. The maximum Gasteiger partial charge on any atom is 0.161 e. The van der Waals surface area contributed by atoms with Crippen molar-refractivity contribution in [2.45, 2.75) is 6.61 Å². The number of benzene rings is 3. The number of hydrogen-bond acceptors (Lipinski definition) is 4. The van der Waals surface area contributed by atoms with Gasteiger partial charge in [0.05, 0.1) is 23.7 Å². The molecule has 0 atom stereocenters. The smallest absolute Gasteiger partial charge is 0.161 e. The number of rotatable bonds is 6. The van der Waals surface area contributed by atoms with Crippen molar-refractivity contribution < 1.29 is 13.9 Å². The number of hydrogen-bond donors (Lipinski definition) is 1. The van der Waals surface area contributed by atoms with Crippen LogP contribution < -0.4 is 9.47 Å². The molecule has 0 saturated carbocycles. The summed E-state index contributed by atoms with van der Waals surface area (Å²) in [6.45, 7) is 0.237. The molecule has 4 aromatic rings. The van der Waals surface area contributed by atoms with Crippen molar-refractivity contribution in [1.82, 2.24) is 9.97 Å². The predicted octanol–water partition coefficient (Wildman–Crippen LogP) is 6.66. The number of methoxy groups -OCH3 is 1. The third-order valence-electron chi connectivity index (χ3n) is 4.72. The van der Waals surface area contributed by atoms with Gasteiger partial charge in [0.1, 0.15) is 24.3 Å². The molecule has 160 valence electrons. The lowest BCUT2D eigenvalue weighted by atomic mass is 10.1. The van der Waals surface area contributed by atoms with Crippen molar-refractivity contribution in [3.63, 3.8) is 0 Å². The zero-order chi connectivity index (χ0) is 22.7. The number of aromatic nitrogens is 2. The van der Waals surface area contributed by atoms with Crippen molar-refractivity contribution in [3.05, 3.63) is 87.4 Å². The van der Waals surface area contributed by atoms with E-state index in [2.05, 4.69) is 16.0 Å². The number of allylic oxidation sites excluding steroid dienone is 1. The van der Waals surface area contributed by atoms with Gasteiger partial charge in [-0.15, -0.1) is 0 Å². The van der Waals surface area contributed by atoms with E-state index in [1.165, 1.54) is 19.2 Å². The summed E-state index contributed by atoms with van der Waals surface area (Å²) in [7, 11) is 1.53. The summed E-state index contributed by atoms with van der Waals surface area (Å²) in [6.07, 6.45) is 1.66. The second-order valence-corrected chi connectivity index (χ2v) is 7.70. The van der Waals surface area contributed by atoms with Crippen LogP contribution in [0.15, 0.2) is 54.6 Å². The van der Waals surface area contributed by atoms with E-state index in [1.54, 1.807) is 48.5 Å². The first kappa shape index (κ1) is 21.7. The Morgan fingerprint density at radius 1 is 1.12 bits per heavy atom. The van der Waals surface area contributed by atoms with E-state index < -0.39 is 0 Å². The van der Waals surface area contributed by atoms with E-state index in [-0.39, 0.29) is 12.4 Å². The number of nitrogens with one attached hydrogen (secondary N) is 1. The van der Waals surface area contributed by atoms with E-state index in [4.69, 9.17) is 32.7 Å². The first-order valence-electron chi connectivity index (χ1n) is 9.49. The average molecular weight is 468 g/mol. The Bertz CT molecular complexity index is 1380. The van der Waals surface area contributed by atoms with Crippen LogP contribution in [-0.4, -0.2) is 17.1 Å². The monoisotopic (exact) mass is 467 g/mol. The number of H-pyrrole nitrogens is 1. The largest absolute Gasteiger partial charge is 0.493 e. The maximum atomic E-state index is 13.4. The van der Waals surface area contributed by atoms with Gasteiger partial charge < -0.3 is 14.5 Å². The van der Waals surface area contributed by atoms with Crippen molar-refractivity contribution in [2.75, 3.05) is 7.11 Å². The lowest BCUT2D eigenvalue weighted by Gasteiger charge is -2.12. The van der Waals surface area contributed by atoms with Crippen molar-refractivity contribution in [3.8, 4) is 17.6 Å². The molecule has 0 bridgehead atoms. The van der Waals surface area contributed by atoms with Gasteiger partial charge in [-0.05, 0) is 54.1 Å². The van der Waals surface area contributed by atoms with Crippen LogP contribution >= 0.6 is 23.2 Å². The van der Waals surface area contributed by atoms with E-state index in [9.17, 15) is 9.65 Å². The minimum atomic E-state index is -0.379. The van der Waals surface area contributed by atoms with Crippen molar-refractivity contribution in [1.29, 1.82) is 5.26 Å². The zero-order valence-electron chi connectivity index (χ0n) is 16.8. The molecule has 5 nitrogen and oxygen atoms in total. The first-order valence-corrected chi connectivity index (χ1v) is 10.2. The third-order valence-corrected chi connectivity index (χ3v) is 5.30. The molecule has 32 heavy (non-hydrogen) atoms. The molecule has 0 radical (unpaired) electrons. The van der Waals surface area contributed by atoms with Crippen LogP contribution in [0, 0.1) is 17.1 Å².